The number of hydrogen-bond donors (Lipinski definition) is 1. The number of nitrogens with one attached hydrogen (secondary N) is 1. The van der Waals surface area contributed by atoms with Gasteiger partial charge in [0.15, 0.2) is 0 Å². The van der Waals surface area contributed by atoms with Crippen LogP contribution >= 0.6 is 11.3 Å². The average molecular weight is 270 g/mol. The highest BCUT2D eigenvalue weighted by molar-refractivity contribution is 7.22. The van der Waals surface area contributed by atoms with Crippen molar-refractivity contribution in [3.05, 3.63) is 46.5 Å². The van der Waals surface area contributed by atoms with Crippen LogP contribution in [-0.4, -0.2) is 16.6 Å². The van der Waals surface area contributed by atoms with E-state index in [4.69, 9.17) is 4.74 Å². The minimum atomic E-state index is -0.0780. The molecule has 0 saturated heterocycles. The van der Waals surface area contributed by atoms with Crippen LogP contribution in [0.4, 0.5) is 0 Å². The number of nitrogens with zero attached hydrogens (tertiary/aromatic N) is 1. The van der Waals surface area contributed by atoms with E-state index < -0.39 is 0 Å². The van der Waals surface area contributed by atoms with Crippen molar-refractivity contribution in [1.82, 2.24) is 9.97 Å². The Balaban J connectivity index is 1.90. The van der Waals surface area contributed by atoms with Crippen LogP contribution < -0.4 is 10.3 Å². The third-order valence-corrected chi connectivity index (χ3v) is 4.46. The van der Waals surface area contributed by atoms with Gasteiger partial charge >= 0.3 is 0 Å². The van der Waals surface area contributed by atoms with Crippen LogP contribution in [0.1, 0.15) is 5.56 Å². The smallest absolute Gasteiger partial charge is 0.268 e. The Morgan fingerprint density at radius 2 is 2.26 bits per heavy atom. The van der Waals surface area contributed by atoms with Crippen molar-refractivity contribution in [2.24, 2.45) is 0 Å². The lowest BCUT2D eigenvalue weighted by molar-refractivity contribution is 0.357. The topological polar surface area (TPSA) is 55.0 Å². The van der Waals surface area contributed by atoms with Gasteiger partial charge in [0, 0.05) is 11.3 Å². The Morgan fingerprint density at radius 3 is 3.16 bits per heavy atom. The van der Waals surface area contributed by atoms with Crippen LogP contribution in [0.5, 0.6) is 5.75 Å². The second-order valence-corrected chi connectivity index (χ2v) is 5.53. The molecule has 1 N–H and O–H groups in total. The van der Waals surface area contributed by atoms with Gasteiger partial charge in [0.05, 0.1) is 18.5 Å². The average Bonchev–Trinajstić information content (AvgIpc) is 3.04. The molecule has 3 aromatic rings. The second kappa shape index (κ2) is 3.93. The molecule has 0 unspecified atom stereocenters. The van der Waals surface area contributed by atoms with Gasteiger partial charge in [0.2, 0.25) is 0 Å². The van der Waals surface area contributed by atoms with E-state index in [9.17, 15) is 4.79 Å². The van der Waals surface area contributed by atoms with Gasteiger partial charge in [0.1, 0.15) is 10.4 Å². The Hall–Kier alpha value is -2.14. The maximum Gasteiger partial charge on any atom is 0.268 e. The summed E-state index contributed by atoms with van der Waals surface area (Å²) in [5, 5.41) is 0. The SMILES string of the molecule is O=c1[nH]cnc2cc(-c3ccc4c(c3)CCO4)sc12. The lowest BCUT2D eigenvalue weighted by Crippen LogP contribution is -2.02. The largest absolute Gasteiger partial charge is 0.493 e. The molecule has 0 radical (unpaired) electrons. The summed E-state index contributed by atoms with van der Waals surface area (Å²) in [4.78, 5) is 19.6. The molecule has 94 valence electrons. The van der Waals surface area contributed by atoms with Gasteiger partial charge in [-0.05, 0) is 35.4 Å². The molecule has 19 heavy (non-hydrogen) atoms. The number of ether oxygens (including phenoxy) is 1. The summed E-state index contributed by atoms with van der Waals surface area (Å²) in [6, 6.07) is 8.14. The van der Waals surface area contributed by atoms with Crippen molar-refractivity contribution in [2.75, 3.05) is 6.61 Å². The molecule has 3 heterocycles. The first-order chi connectivity index (χ1) is 9.31. The fourth-order valence-corrected chi connectivity index (χ4v) is 3.35. The molecule has 0 aliphatic carbocycles. The lowest BCUT2D eigenvalue weighted by atomic mass is 10.1. The fourth-order valence-electron chi connectivity index (χ4n) is 2.35. The van der Waals surface area contributed by atoms with E-state index >= 15 is 0 Å². The van der Waals surface area contributed by atoms with E-state index in [0.29, 0.717) is 4.70 Å². The van der Waals surface area contributed by atoms with Crippen LogP contribution in [0.15, 0.2) is 35.4 Å². The van der Waals surface area contributed by atoms with Crippen LogP contribution in [0.25, 0.3) is 20.7 Å². The summed E-state index contributed by atoms with van der Waals surface area (Å²) >= 11 is 1.48. The Kier molecular flexibility index (Phi) is 2.22. The van der Waals surface area contributed by atoms with Crippen LogP contribution in [0.2, 0.25) is 0 Å². The van der Waals surface area contributed by atoms with Crippen molar-refractivity contribution >= 4 is 21.6 Å². The standard InChI is InChI=1S/C14H10N2O2S/c17-14-13-10(15-7-16-14)6-12(19-13)9-1-2-11-8(5-9)3-4-18-11/h1-2,5-7H,3-4H2,(H,15,16,17). The maximum absolute atomic E-state index is 11.7. The van der Waals surface area contributed by atoms with Gasteiger partial charge in [-0.2, -0.15) is 0 Å². The summed E-state index contributed by atoms with van der Waals surface area (Å²) in [7, 11) is 0. The number of aromatic amines is 1. The Morgan fingerprint density at radius 1 is 1.32 bits per heavy atom. The van der Waals surface area contributed by atoms with Crippen LogP contribution in [0, 0.1) is 0 Å². The second-order valence-electron chi connectivity index (χ2n) is 4.48. The van der Waals surface area contributed by atoms with Crippen LogP contribution in [0.3, 0.4) is 0 Å². The van der Waals surface area contributed by atoms with Gasteiger partial charge < -0.3 is 9.72 Å². The van der Waals surface area contributed by atoms with Gasteiger partial charge in [-0.3, -0.25) is 4.79 Å². The summed E-state index contributed by atoms with van der Waals surface area (Å²) in [6.07, 6.45) is 2.39. The van der Waals surface area contributed by atoms with Crippen LogP contribution in [-0.2, 0) is 6.42 Å². The molecular formula is C14H10N2O2S. The number of fused-ring (bicyclic) bond motifs is 2. The van der Waals surface area contributed by atoms with Crippen molar-refractivity contribution in [1.29, 1.82) is 0 Å². The molecule has 2 aromatic heterocycles. The zero-order chi connectivity index (χ0) is 12.8. The number of benzene rings is 1. The molecule has 0 fully saturated rings. The Bertz CT molecular complexity index is 835. The zero-order valence-corrected chi connectivity index (χ0v) is 10.8. The quantitative estimate of drug-likeness (QED) is 0.739. The van der Waals surface area contributed by atoms with Gasteiger partial charge in [-0.1, -0.05) is 0 Å². The number of thiophene rings is 1. The third-order valence-electron chi connectivity index (χ3n) is 3.29. The molecule has 1 aliphatic rings. The van der Waals surface area contributed by atoms with E-state index in [1.165, 1.54) is 23.2 Å². The monoisotopic (exact) mass is 270 g/mol. The van der Waals surface area contributed by atoms with Gasteiger partial charge in [-0.15, -0.1) is 11.3 Å². The van der Waals surface area contributed by atoms with Gasteiger partial charge in [-0.25, -0.2) is 4.98 Å². The predicted molar refractivity (Wildman–Crippen MR) is 74.9 cm³/mol. The molecule has 0 bridgehead atoms. The van der Waals surface area contributed by atoms with Crippen molar-refractivity contribution in [2.45, 2.75) is 6.42 Å². The lowest BCUT2D eigenvalue weighted by Gasteiger charge is -2.01. The van der Waals surface area contributed by atoms with Crippen molar-refractivity contribution < 1.29 is 4.74 Å². The maximum atomic E-state index is 11.7. The molecule has 1 aromatic carbocycles. The summed E-state index contributed by atoms with van der Waals surface area (Å²) < 4.78 is 6.18. The highest BCUT2D eigenvalue weighted by Gasteiger charge is 2.14. The van der Waals surface area contributed by atoms with E-state index in [-0.39, 0.29) is 5.56 Å². The summed E-state index contributed by atoms with van der Waals surface area (Å²) in [5.41, 5.74) is 3.02. The van der Waals surface area contributed by atoms with E-state index in [0.717, 1.165) is 34.7 Å². The van der Waals surface area contributed by atoms with Crippen molar-refractivity contribution in [3.63, 3.8) is 0 Å². The molecule has 5 heteroatoms. The number of H-pyrrole nitrogens is 1. The molecule has 4 nitrogen and oxygen atoms in total. The minimum absolute atomic E-state index is 0.0780. The zero-order valence-electron chi connectivity index (χ0n) is 9.97. The molecule has 0 saturated carbocycles. The van der Waals surface area contributed by atoms with E-state index in [2.05, 4.69) is 16.0 Å². The number of hydrogen-bond acceptors (Lipinski definition) is 4. The first-order valence-electron chi connectivity index (χ1n) is 6.04. The highest BCUT2D eigenvalue weighted by atomic mass is 32.1. The first-order valence-corrected chi connectivity index (χ1v) is 6.86. The predicted octanol–water partition coefficient (Wildman–Crippen LogP) is 2.59. The normalized spacial score (nSPS) is 13.5. The van der Waals surface area contributed by atoms with E-state index in [1.807, 2.05) is 18.2 Å². The summed E-state index contributed by atoms with van der Waals surface area (Å²) in [5.74, 6) is 0.973. The molecule has 4 rings (SSSR count). The third kappa shape index (κ3) is 1.66. The molecule has 0 amide bonds. The minimum Gasteiger partial charge on any atom is -0.493 e. The molecule has 0 spiro atoms. The van der Waals surface area contributed by atoms with E-state index in [1.54, 1.807) is 0 Å². The van der Waals surface area contributed by atoms with Crippen molar-refractivity contribution in [3.8, 4) is 16.2 Å². The number of aromatic nitrogens is 2. The highest BCUT2D eigenvalue weighted by Crippen LogP contribution is 2.35. The first kappa shape index (κ1) is 10.8. The fraction of sp³-hybridized carbons (Fsp3) is 0.143. The Labute approximate surface area is 112 Å². The molecule has 0 atom stereocenters. The molecule has 1 aliphatic heterocycles. The number of rotatable bonds is 1. The summed E-state index contributed by atoms with van der Waals surface area (Å²) in [6.45, 7) is 0.756. The van der Waals surface area contributed by atoms with Gasteiger partial charge in [0.25, 0.3) is 5.56 Å². The molecular weight excluding hydrogens is 260 g/mol.